The van der Waals surface area contributed by atoms with Crippen LogP contribution in [-0.4, -0.2) is 62.7 Å². The zero-order valence-corrected chi connectivity index (χ0v) is 17.4. The van der Waals surface area contributed by atoms with Gasteiger partial charge in [-0.25, -0.2) is 28.5 Å². The van der Waals surface area contributed by atoms with Crippen molar-refractivity contribution in [2.24, 2.45) is 0 Å². The van der Waals surface area contributed by atoms with Gasteiger partial charge >= 0.3 is 13.7 Å². The summed E-state index contributed by atoms with van der Waals surface area (Å²) in [7, 11) is -4.00. The fraction of sp³-hybridized carbons (Fsp3) is 0.625. The molecule has 3 N–H and O–H groups in total. The fourth-order valence-corrected chi connectivity index (χ4v) is 5.32. The van der Waals surface area contributed by atoms with Crippen LogP contribution in [0.15, 0.2) is 12.5 Å². The normalized spacial score (nSPS) is 34.6. The van der Waals surface area contributed by atoms with Gasteiger partial charge in [-0.3, -0.25) is 13.8 Å². The van der Waals surface area contributed by atoms with Gasteiger partial charge in [0.25, 0.3) is 0 Å². The number of anilines is 1. The van der Waals surface area contributed by atoms with Gasteiger partial charge in [-0.05, 0) is 20.8 Å². The van der Waals surface area contributed by atoms with E-state index < -0.39 is 43.7 Å². The number of halogens is 1. The Kier molecular flexibility index (Phi) is 5.27. The van der Waals surface area contributed by atoms with E-state index in [9.17, 15) is 9.36 Å². The maximum atomic E-state index is 15.9. The zero-order chi connectivity index (χ0) is 21.7. The molecule has 12 nitrogen and oxygen atoms in total. The molecule has 2 saturated heterocycles. The lowest BCUT2D eigenvalue weighted by Crippen LogP contribution is -2.47. The summed E-state index contributed by atoms with van der Waals surface area (Å²) in [6.45, 7) is 4.33. The summed E-state index contributed by atoms with van der Waals surface area (Å²) in [5.41, 5.74) is 4.22. The van der Waals surface area contributed by atoms with Gasteiger partial charge in [-0.2, -0.15) is 5.10 Å². The molecule has 4 heterocycles. The van der Waals surface area contributed by atoms with Gasteiger partial charge in [-0.1, -0.05) is 0 Å². The van der Waals surface area contributed by atoms with E-state index in [2.05, 4.69) is 20.2 Å². The van der Waals surface area contributed by atoms with E-state index in [0.29, 0.717) is 5.69 Å². The first-order chi connectivity index (χ1) is 14.2. The number of rotatable bonds is 5. The number of carbonyl (C=O) groups excluding carboxylic acids is 1. The molecule has 0 aliphatic carbocycles. The van der Waals surface area contributed by atoms with Crippen molar-refractivity contribution in [3.8, 4) is 0 Å². The van der Waals surface area contributed by atoms with E-state index in [-0.39, 0.29) is 24.7 Å². The van der Waals surface area contributed by atoms with Crippen molar-refractivity contribution < 1.29 is 32.3 Å². The average molecular weight is 444 g/mol. The van der Waals surface area contributed by atoms with Crippen molar-refractivity contribution in [1.29, 1.82) is 0 Å². The van der Waals surface area contributed by atoms with Crippen LogP contribution in [0.25, 0.3) is 5.65 Å². The minimum absolute atomic E-state index is 0.133. The Morgan fingerprint density at radius 3 is 3.07 bits per heavy atom. The van der Waals surface area contributed by atoms with Crippen LogP contribution in [0.5, 0.6) is 0 Å². The van der Waals surface area contributed by atoms with Crippen LogP contribution in [0.3, 0.4) is 0 Å². The van der Waals surface area contributed by atoms with Crippen LogP contribution < -0.4 is 10.8 Å². The molecule has 0 saturated carbocycles. The second-order valence-corrected chi connectivity index (χ2v) is 8.91. The highest BCUT2D eigenvalue weighted by molar-refractivity contribution is 7.51. The van der Waals surface area contributed by atoms with E-state index in [1.165, 1.54) is 30.9 Å². The van der Waals surface area contributed by atoms with Gasteiger partial charge in [0.1, 0.15) is 30.7 Å². The number of nitrogens with two attached hydrogens (primary N) is 1. The number of imidazole rings is 1. The number of nitrogen functional groups attached to an aromatic ring is 1. The summed E-state index contributed by atoms with van der Waals surface area (Å²) >= 11 is 0. The minimum atomic E-state index is -4.00. The smallest absolute Gasteiger partial charge is 0.406 e. The SMILES string of the molecule is CCOC(=O)[C@H](C)NP1(=O)OC[C@H]2O[C@@H](c3cnc4c(N)ncnn34)[C@](C)(F)[C@@H]2O1. The summed E-state index contributed by atoms with van der Waals surface area (Å²) in [6, 6.07) is -0.977. The van der Waals surface area contributed by atoms with Crippen molar-refractivity contribution >= 4 is 25.2 Å². The molecule has 6 atom stereocenters. The van der Waals surface area contributed by atoms with E-state index in [1.807, 2.05) is 0 Å². The van der Waals surface area contributed by atoms with Crippen molar-refractivity contribution in [2.45, 2.75) is 50.8 Å². The molecule has 0 aromatic carbocycles. The standard InChI is InChI=1S/C16H22FN6O6P/c1-4-26-15(24)8(2)22-30(25)27-6-10-12(29-30)16(3,17)11(28-10)9-5-19-14-13(18)20-7-21-23(9)14/h5,7-8,10-12H,4,6H2,1-3H3,(H,22,25)(H2,18,20,21)/t8-,10+,11-,12+,16-,30?/m0/s1. The fourth-order valence-electron chi connectivity index (χ4n) is 3.56. The van der Waals surface area contributed by atoms with Crippen LogP contribution in [-0.2, 0) is 27.9 Å². The van der Waals surface area contributed by atoms with E-state index >= 15 is 4.39 Å². The Morgan fingerprint density at radius 1 is 1.57 bits per heavy atom. The van der Waals surface area contributed by atoms with Gasteiger partial charge in [0, 0.05) is 0 Å². The Balaban J connectivity index is 1.58. The van der Waals surface area contributed by atoms with Crippen molar-refractivity contribution in [3.63, 3.8) is 0 Å². The summed E-state index contributed by atoms with van der Waals surface area (Å²) in [5.74, 6) is -0.498. The quantitative estimate of drug-likeness (QED) is 0.500. The number of nitrogens with one attached hydrogen (secondary N) is 1. The number of esters is 1. The molecule has 14 heteroatoms. The van der Waals surface area contributed by atoms with Gasteiger partial charge in [0.15, 0.2) is 17.1 Å². The highest BCUT2D eigenvalue weighted by Crippen LogP contribution is 2.57. The van der Waals surface area contributed by atoms with E-state index in [4.69, 9.17) is 24.3 Å². The molecular weight excluding hydrogens is 422 g/mol. The third kappa shape index (κ3) is 3.46. The predicted octanol–water partition coefficient (Wildman–Crippen LogP) is 0.939. The van der Waals surface area contributed by atoms with Gasteiger partial charge < -0.3 is 15.2 Å². The molecule has 2 aliphatic heterocycles. The molecule has 0 amide bonds. The molecule has 2 fully saturated rings. The van der Waals surface area contributed by atoms with Crippen molar-refractivity contribution in [3.05, 3.63) is 18.2 Å². The summed E-state index contributed by atoms with van der Waals surface area (Å²) < 4.78 is 51.7. The number of hydrogen-bond acceptors (Lipinski definition) is 10. The lowest BCUT2D eigenvalue weighted by atomic mass is 9.93. The molecule has 0 bridgehead atoms. The van der Waals surface area contributed by atoms with Gasteiger partial charge in [0.2, 0.25) is 0 Å². The number of alkyl halides is 1. The maximum absolute atomic E-state index is 15.9. The molecule has 0 radical (unpaired) electrons. The highest BCUT2D eigenvalue weighted by atomic mass is 31.2. The first kappa shape index (κ1) is 21.1. The van der Waals surface area contributed by atoms with Crippen molar-refractivity contribution in [2.75, 3.05) is 18.9 Å². The summed E-state index contributed by atoms with van der Waals surface area (Å²) in [6.07, 6.45) is -0.596. The zero-order valence-electron chi connectivity index (χ0n) is 16.5. The Hall–Kier alpha value is -2.18. The second kappa shape index (κ2) is 7.50. The molecular formula is C16H22FN6O6P. The molecule has 2 aliphatic rings. The number of hydrogen-bond donors (Lipinski definition) is 2. The van der Waals surface area contributed by atoms with Crippen molar-refractivity contribution in [1.82, 2.24) is 24.7 Å². The lowest BCUT2D eigenvalue weighted by molar-refractivity contribution is -0.145. The van der Waals surface area contributed by atoms with Crippen LogP contribution in [0.4, 0.5) is 10.2 Å². The molecule has 30 heavy (non-hydrogen) atoms. The third-order valence-corrected chi connectivity index (χ3v) is 6.69. The molecule has 2 aromatic rings. The Bertz CT molecular complexity index is 1020. The molecule has 164 valence electrons. The number of aromatic nitrogens is 4. The Morgan fingerprint density at radius 2 is 2.33 bits per heavy atom. The second-order valence-electron chi connectivity index (χ2n) is 7.19. The highest BCUT2D eigenvalue weighted by Gasteiger charge is 2.61. The first-order valence-corrected chi connectivity index (χ1v) is 10.9. The van der Waals surface area contributed by atoms with Gasteiger partial charge in [-0.15, -0.1) is 0 Å². The molecule has 1 unspecified atom stereocenters. The van der Waals surface area contributed by atoms with Crippen LogP contribution in [0.2, 0.25) is 0 Å². The molecule has 0 spiro atoms. The van der Waals surface area contributed by atoms with Crippen LogP contribution in [0.1, 0.15) is 32.6 Å². The Labute approximate surface area is 170 Å². The minimum Gasteiger partial charge on any atom is -0.465 e. The number of fused-ring (bicyclic) bond motifs is 2. The predicted molar refractivity (Wildman–Crippen MR) is 100.0 cm³/mol. The van der Waals surface area contributed by atoms with Crippen LogP contribution >= 0.6 is 7.75 Å². The number of nitrogens with zero attached hydrogens (tertiary/aromatic N) is 4. The lowest BCUT2D eigenvalue weighted by Gasteiger charge is -2.35. The largest absolute Gasteiger partial charge is 0.465 e. The first-order valence-electron chi connectivity index (χ1n) is 9.32. The topological polar surface area (TPSA) is 152 Å². The summed E-state index contributed by atoms with van der Waals surface area (Å²) in [4.78, 5) is 19.8. The van der Waals surface area contributed by atoms with E-state index in [1.54, 1.807) is 6.92 Å². The number of carbonyl (C=O) groups is 1. The van der Waals surface area contributed by atoms with E-state index in [0.717, 1.165) is 0 Å². The van der Waals surface area contributed by atoms with Crippen LogP contribution in [0, 0.1) is 0 Å². The molecule has 4 rings (SSSR count). The number of ether oxygens (including phenoxy) is 2. The third-order valence-electron chi connectivity index (χ3n) is 5.00. The monoisotopic (exact) mass is 444 g/mol. The average Bonchev–Trinajstić information content (AvgIpc) is 3.21. The maximum Gasteiger partial charge on any atom is 0.406 e. The molecule has 2 aromatic heterocycles. The van der Waals surface area contributed by atoms with Gasteiger partial charge in [0.05, 0.1) is 25.1 Å². The summed E-state index contributed by atoms with van der Waals surface area (Å²) in [5, 5.41) is 6.54.